The molecule has 3 nitrogen and oxygen atoms in total. The van der Waals surface area contributed by atoms with E-state index in [4.69, 9.17) is 5.73 Å². The Hall–Kier alpha value is -7.20. The zero-order valence-electron chi connectivity index (χ0n) is 44.6. The van der Waals surface area contributed by atoms with Gasteiger partial charge < -0.3 is 15.5 Å². The summed E-state index contributed by atoms with van der Waals surface area (Å²) >= 11 is 0. The Balaban J connectivity index is 0.00000324. The van der Waals surface area contributed by atoms with Gasteiger partial charge in [0.2, 0.25) is 0 Å². The molecule has 0 saturated heterocycles. The van der Waals surface area contributed by atoms with Gasteiger partial charge in [-0.3, -0.25) is 0 Å². The van der Waals surface area contributed by atoms with Gasteiger partial charge >= 0.3 is 0 Å². The smallest absolute Gasteiger partial charge is 0.0778 e. The summed E-state index contributed by atoms with van der Waals surface area (Å²) in [5.41, 5.74) is 20.8. The summed E-state index contributed by atoms with van der Waals surface area (Å²) in [6, 6.07) is 48.9. The molecule has 5 aromatic rings. The first-order chi connectivity index (χ1) is 34.7. The molecule has 370 valence electrons. The van der Waals surface area contributed by atoms with Crippen LogP contribution >= 0.6 is 0 Å². The number of aryl methyl sites for hydroxylation is 1. The van der Waals surface area contributed by atoms with Crippen molar-refractivity contribution in [1.29, 1.82) is 0 Å². The topological polar surface area (TPSA) is 32.5 Å². The maximum absolute atomic E-state index is 6.10. The van der Waals surface area contributed by atoms with E-state index in [0.29, 0.717) is 6.54 Å². The van der Waals surface area contributed by atoms with Crippen LogP contribution in [0.5, 0.6) is 0 Å². The van der Waals surface area contributed by atoms with Crippen LogP contribution in [0.25, 0.3) is 16.7 Å². The molecule has 0 radical (unpaired) electrons. The summed E-state index contributed by atoms with van der Waals surface area (Å²) in [5.74, 6) is 0.266. The Labute approximate surface area is 431 Å². The van der Waals surface area contributed by atoms with Gasteiger partial charge in [0.05, 0.1) is 6.04 Å². The van der Waals surface area contributed by atoms with Crippen LogP contribution in [0.1, 0.15) is 108 Å². The van der Waals surface area contributed by atoms with E-state index in [1.807, 2.05) is 45.9 Å². The van der Waals surface area contributed by atoms with Crippen molar-refractivity contribution in [1.82, 2.24) is 0 Å². The van der Waals surface area contributed by atoms with E-state index >= 15 is 0 Å². The van der Waals surface area contributed by atoms with Crippen molar-refractivity contribution in [2.24, 2.45) is 11.7 Å². The number of hydrogen-bond donors (Lipinski definition) is 1. The third-order valence-corrected chi connectivity index (χ3v) is 11.8. The molecule has 5 rings (SSSR count). The molecule has 2 atom stereocenters. The molecule has 0 aliphatic carbocycles. The number of rotatable bonds is 24. The third-order valence-electron chi connectivity index (χ3n) is 11.8. The van der Waals surface area contributed by atoms with Crippen molar-refractivity contribution in [2.45, 2.75) is 87.1 Å². The van der Waals surface area contributed by atoms with Gasteiger partial charge in [-0.05, 0) is 131 Å². The number of nitrogens with two attached hydrogens (primary N) is 1. The fourth-order valence-electron chi connectivity index (χ4n) is 8.02. The second kappa shape index (κ2) is 33.4. The van der Waals surface area contributed by atoms with Crippen LogP contribution in [0.3, 0.4) is 0 Å². The Morgan fingerprint density at radius 2 is 1.32 bits per heavy atom. The Morgan fingerprint density at radius 1 is 0.718 bits per heavy atom. The van der Waals surface area contributed by atoms with Crippen molar-refractivity contribution in [3.8, 4) is 0 Å². The number of anilines is 2. The SMILES string of the molecule is C=CC(=C\CCC)/C(=C/C(=C\CN)c1ccccc1)c1cccc(N(C)/C=C\C=C/C(=C)C/C(=C\N(c2ccccc2C)C(/C=C(\C=C)c2ccccc2)c2ccccc2)C(C)C/C=C\C)c1.CC.CC. The third kappa shape index (κ3) is 18.6. The van der Waals surface area contributed by atoms with Gasteiger partial charge in [-0.15, -0.1) is 0 Å². The Bertz CT molecular complexity index is 2610. The highest BCUT2D eigenvalue weighted by molar-refractivity contribution is 5.92. The van der Waals surface area contributed by atoms with Gasteiger partial charge in [0, 0.05) is 37.4 Å². The first kappa shape index (κ1) is 58.1. The standard InChI is InChI=1S/C64H71N3.2C2H6/c1-9-13-30-51(6)60(49-67(63-41-25-24-31-52(63)7)64(57-37-22-17-23-38-57)48-54(12-4)55-33-18-15-19-34-55)45-50(5)29-26-27-44-66(8)61-40-28-39-59(46-61)62(53(11-3)32-14-10-2)47-58(42-43-65)56-35-20-16-21-36-56;2*1-2/h9,11-13,15-29,31-42,44,46-49,51,64H,3-5,10,14,30,43,45,65H2,1-2,6-8H3;2*1-2H3/b13-9-,29-26-,44-27-,53-32+,54-48+,58-42+,60-49+,62-47-;;. The predicted octanol–water partition coefficient (Wildman–Crippen LogP) is 18.8. The summed E-state index contributed by atoms with van der Waals surface area (Å²) in [7, 11) is 2.09. The first-order valence-corrected chi connectivity index (χ1v) is 25.7. The first-order valence-electron chi connectivity index (χ1n) is 25.7. The van der Waals surface area contributed by atoms with Gasteiger partial charge in [-0.25, -0.2) is 0 Å². The normalized spacial score (nSPS) is 13.2. The molecular weight excluding hydrogens is 859 g/mol. The fraction of sp³-hybridized carbons (Fsp3) is 0.235. The zero-order chi connectivity index (χ0) is 51.8. The Morgan fingerprint density at radius 3 is 1.92 bits per heavy atom. The van der Waals surface area contributed by atoms with E-state index in [9.17, 15) is 0 Å². The number of nitrogens with zero attached hydrogens (tertiary/aromatic N) is 2. The van der Waals surface area contributed by atoms with Crippen LogP contribution < -0.4 is 15.5 Å². The van der Waals surface area contributed by atoms with E-state index < -0.39 is 0 Å². The minimum absolute atomic E-state index is 0.115. The van der Waals surface area contributed by atoms with Crippen LogP contribution in [0.15, 0.2) is 255 Å². The summed E-state index contributed by atoms with van der Waals surface area (Å²) in [5, 5.41) is 0. The second-order valence-corrected chi connectivity index (χ2v) is 16.8. The van der Waals surface area contributed by atoms with E-state index in [2.05, 4.69) is 265 Å². The van der Waals surface area contributed by atoms with Gasteiger partial charge in [0.1, 0.15) is 0 Å². The van der Waals surface area contributed by atoms with Gasteiger partial charge in [-0.2, -0.15) is 0 Å². The molecule has 5 aromatic carbocycles. The van der Waals surface area contributed by atoms with Crippen molar-refractivity contribution >= 4 is 28.1 Å². The lowest BCUT2D eigenvalue weighted by Gasteiger charge is -2.33. The van der Waals surface area contributed by atoms with Crippen LogP contribution in [-0.4, -0.2) is 13.6 Å². The van der Waals surface area contributed by atoms with Gasteiger partial charge in [-0.1, -0.05) is 243 Å². The summed E-state index contributed by atoms with van der Waals surface area (Å²) in [4.78, 5) is 4.61. The van der Waals surface area contributed by atoms with E-state index in [1.165, 1.54) is 16.7 Å². The molecule has 0 aliphatic heterocycles. The minimum atomic E-state index is -0.115. The molecule has 0 amide bonds. The lowest BCUT2D eigenvalue weighted by atomic mass is 9.91. The highest BCUT2D eigenvalue weighted by Gasteiger charge is 2.22. The molecule has 2 unspecified atom stereocenters. The number of hydrogen-bond acceptors (Lipinski definition) is 3. The van der Waals surface area contributed by atoms with Gasteiger partial charge in [0.25, 0.3) is 0 Å². The molecule has 0 bridgehead atoms. The summed E-state index contributed by atoms with van der Waals surface area (Å²) in [6.07, 6.45) is 31.8. The largest absolute Gasteiger partial charge is 0.351 e. The molecule has 0 fully saturated rings. The van der Waals surface area contributed by atoms with Crippen LogP contribution in [0.2, 0.25) is 0 Å². The minimum Gasteiger partial charge on any atom is -0.351 e. The van der Waals surface area contributed by atoms with E-state index in [-0.39, 0.29) is 12.0 Å². The molecule has 71 heavy (non-hydrogen) atoms. The predicted molar refractivity (Wildman–Crippen MR) is 318 cm³/mol. The number of para-hydroxylation sites is 1. The average molecular weight is 942 g/mol. The number of unbranched alkanes of at least 4 members (excludes halogenated alkanes) is 1. The van der Waals surface area contributed by atoms with Crippen molar-refractivity contribution in [3.63, 3.8) is 0 Å². The Kier molecular flexibility index (Phi) is 27.3. The average Bonchev–Trinajstić information content (AvgIpc) is 3.42. The highest BCUT2D eigenvalue weighted by atomic mass is 15.1. The molecular formula is C68H83N3. The molecule has 2 N–H and O–H groups in total. The van der Waals surface area contributed by atoms with Crippen molar-refractivity contribution in [2.75, 3.05) is 23.4 Å². The lowest BCUT2D eigenvalue weighted by molar-refractivity contribution is 0.664. The molecule has 0 saturated carbocycles. The van der Waals surface area contributed by atoms with Crippen molar-refractivity contribution < 1.29 is 0 Å². The van der Waals surface area contributed by atoms with Crippen LogP contribution in [-0.2, 0) is 0 Å². The second-order valence-electron chi connectivity index (χ2n) is 16.8. The van der Waals surface area contributed by atoms with Crippen LogP contribution in [0.4, 0.5) is 11.4 Å². The van der Waals surface area contributed by atoms with E-state index in [0.717, 1.165) is 81.6 Å². The maximum Gasteiger partial charge on any atom is 0.0778 e. The molecule has 0 heterocycles. The monoisotopic (exact) mass is 942 g/mol. The van der Waals surface area contributed by atoms with E-state index in [1.54, 1.807) is 0 Å². The molecule has 0 aliphatic rings. The molecule has 3 heteroatoms. The number of allylic oxidation sites excluding steroid dienone is 15. The molecule has 0 spiro atoms. The number of benzene rings is 5. The van der Waals surface area contributed by atoms with Gasteiger partial charge in [0.15, 0.2) is 0 Å². The maximum atomic E-state index is 6.10. The summed E-state index contributed by atoms with van der Waals surface area (Å²) < 4.78 is 0. The van der Waals surface area contributed by atoms with Crippen molar-refractivity contribution in [3.05, 3.63) is 283 Å². The quantitative estimate of drug-likeness (QED) is 0.0494. The van der Waals surface area contributed by atoms with Crippen LogP contribution in [0, 0.1) is 12.8 Å². The lowest BCUT2D eigenvalue weighted by Crippen LogP contribution is -2.24. The molecule has 0 aromatic heterocycles. The summed E-state index contributed by atoms with van der Waals surface area (Å²) in [6.45, 7) is 30.3. The highest BCUT2D eigenvalue weighted by Crippen LogP contribution is 2.37. The fourth-order valence-corrected chi connectivity index (χ4v) is 8.02. The zero-order valence-corrected chi connectivity index (χ0v) is 44.6.